The monoisotopic (exact) mass is 412 g/mol. The molecule has 3 rings (SSSR count). The lowest BCUT2D eigenvalue weighted by molar-refractivity contribution is -0.152. The first kappa shape index (κ1) is 21.4. The number of aryl methyl sites for hydroxylation is 1. The lowest BCUT2D eigenvalue weighted by Crippen LogP contribution is -2.27. The quantitative estimate of drug-likeness (QED) is 0.384. The maximum Gasteiger partial charge on any atom is 0.347 e. The molecule has 0 radical (unpaired) electrons. The summed E-state index contributed by atoms with van der Waals surface area (Å²) in [5, 5.41) is 0.347. The molecule has 0 spiro atoms. The fourth-order valence-electron chi connectivity index (χ4n) is 2.76. The van der Waals surface area contributed by atoms with Crippen molar-refractivity contribution in [2.75, 3.05) is 19.8 Å². The van der Waals surface area contributed by atoms with Crippen molar-refractivity contribution >= 4 is 16.9 Å². The molecule has 1 heterocycles. The average molecular weight is 412 g/mol. The van der Waals surface area contributed by atoms with E-state index in [0.717, 1.165) is 5.56 Å². The number of carbonyl (C=O) groups is 1. The maximum absolute atomic E-state index is 12.7. The van der Waals surface area contributed by atoms with Crippen molar-refractivity contribution in [1.29, 1.82) is 0 Å². The van der Waals surface area contributed by atoms with Gasteiger partial charge in [-0.1, -0.05) is 12.1 Å². The van der Waals surface area contributed by atoms with E-state index in [1.165, 1.54) is 6.26 Å². The number of carbonyl (C=O) groups excluding carboxylic acids is 1. The Balaban J connectivity index is 1.71. The van der Waals surface area contributed by atoms with Gasteiger partial charge in [0.15, 0.2) is 6.10 Å². The Labute approximate surface area is 174 Å². The Bertz CT molecular complexity index is 1070. The molecule has 0 aliphatic heterocycles. The van der Waals surface area contributed by atoms with Gasteiger partial charge in [0, 0.05) is 12.7 Å². The normalized spacial score (nSPS) is 11.8. The molecule has 0 N–H and O–H groups in total. The molecular formula is C23H24O7. The number of rotatable bonds is 9. The molecule has 7 heteroatoms. The molecule has 0 aliphatic carbocycles. The third-order valence-electron chi connectivity index (χ3n) is 4.25. The smallest absolute Gasteiger partial charge is 0.347 e. The zero-order valence-electron chi connectivity index (χ0n) is 17.2. The van der Waals surface area contributed by atoms with Crippen molar-refractivity contribution in [2.45, 2.75) is 26.9 Å². The molecule has 0 saturated heterocycles. The van der Waals surface area contributed by atoms with Gasteiger partial charge in [-0.25, -0.2) is 4.79 Å². The summed E-state index contributed by atoms with van der Waals surface area (Å²) >= 11 is 0. The van der Waals surface area contributed by atoms with Gasteiger partial charge in [0.25, 0.3) is 0 Å². The molecule has 2 aromatic carbocycles. The van der Waals surface area contributed by atoms with Crippen LogP contribution in [0.2, 0.25) is 0 Å². The van der Waals surface area contributed by atoms with Crippen LogP contribution in [0.3, 0.4) is 0 Å². The molecule has 158 valence electrons. The van der Waals surface area contributed by atoms with Gasteiger partial charge < -0.3 is 23.4 Å². The van der Waals surface area contributed by atoms with Gasteiger partial charge in [-0.2, -0.15) is 0 Å². The molecule has 0 aliphatic rings. The van der Waals surface area contributed by atoms with Crippen LogP contribution in [0.1, 0.15) is 19.4 Å². The molecule has 7 nitrogen and oxygen atoms in total. The molecule has 1 unspecified atom stereocenters. The minimum absolute atomic E-state index is 0.0908. The topological polar surface area (TPSA) is 84.2 Å². The second-order valence-corrected chi connectivity index (χ2v) is 6.63. The third-order valence-corrected chi connectivity index (χ3v) is 4.25. The van der Waals surface area contributed by atoms with Crippen LogP contribution < -0.4 is 14.9 Å². The first-order valence-electron chi connectivity index (χ1n) is 9.69. The van der Waals surface area contributed by atoms with Crippen molar-refractivity contribution in [3.05, 3.63) is 64.5 Å². The van der Waals surface area contributed by atoms with Crippen molar-refractivity contribution < 1.29 is 28.2 Å². The Morgan fingerprint density at radius 3 is 2.70 bits per heavy atom. The summed E-state index contributed by atoms with van der Waals surface area (Å²) < 4.78 is 27.1. The summed E-state index contributed by atoms with van der Waals surface area (Å²) in [7, 11) is 0. The predicted octanol–water partition coefficient (Wildman–Crippen LogP) is 4.24. The number of ether oxygens (including phenoxy) is 4. The summed E-state index contributed by atoms with van der Waals surface area (Å²) in [5.74, 6) is 0.525. The van der Waals surface area contributed by atoms with Gasteiger partial charge in [0.2, 0.25) is 11.2 Å². The highest BCUT2D eigenvalue weighted by molar-refractivity contribution is 5.79. The fourth-order valence-corrected chi connectivity index (χ4v) is 2.76. The Kier molecular flexibility index (Phi) is 7.08. The molecule has 30 heavy (non-hydrogen) atoms. The van der Waals surface area contributed by atoms with Gasteiger partial charge in [-0.15, -0.1) is 0 Å². The van der Waals surface area contributed by atoms with Crippen LogP contribution in [0.4, 0.5) is 0 Å². The Morgan fingerprint density at radius 1 is 1.10 bits per heavy atom. The number of esters is 1. The van der Waals surface area contributed by atoms with Crippen molar-refractivity contribution in [1.82, 2.24) is 0 Å². The van der Waals surface area contributed by atoms with E-state index < -0.39 is 12.1 Å². The van der Waals surface area contributed by atoms with Crippen LogP contribution in [-0.2, 0) is 14.3 Å². The Morgan fingerprint density at radius 2 is 1.93 bits per heavy atom. The molecule has 3 aromatic rings. The van der Waals surface area contributed by atoms with Crippen LogP contribution in [0.15, 0.2) is 57.9 Å². The minimum atomic E-state index is -0.820. The second kappa shape index (κ2) is 9.93. The van der Waals surface area contributed by atoms with E-state index in [2.05, 4.69) is 0 Å². The number of hydrogen-bond acceptors (Lipinski definition) is 7. The third kappa shape index (κ3) is 5.39. The first-order valence-corrected chi connectivity index (χ1v) is 9.69. The van der Waals surface area contributed by atoms with Crippen molar-refractivity contribution in [3.63, 3.8) is 0 Å². The largest absolute Gasteiger partial charge is 0.479 e. The Hall–Kier alpha value is -3.32. The molecule has 1 aromatic heterocycles. The van der Waals surface area contributed by atoms with Crippen molar-refractivity contribution in [2.24, 2.45) is 0 Å². The lowest BCUT2D eigenvalue weighted by Gasteiger charge is -2.14. The standard InChI is InChI=1S/C23H24O7/c1-4-26-10-11-27-23(25)16(3)29-18-8-9-19-20(13-18)28-14-21(22(19)24)30-17-7-5-6-15(2)12-17/h5-9,12-14,16H,4,10-11H2,1-3H3. The number of hydrogen-bond donors (Lipinski definition) is 0. The zero-order chi connectivity index (χ0) is 21.5. The van der Waals surface area contributed by atoms with Gasteiger partial charge >= 0.3 is 5.97 Å². The summed E-state index contributed by atoms with van der Waals surface area (Å²) in [4.78, 5) is 24.7. The van der Waals surface area contributed by atoms with E-state index in [-0.39, 0.29) is 17.8 Å². The maximum atomic E-state index is 12.7. The van der Waals surface area contributed by atoms with Gasteiger partial charge in [-0.05, 0) is 50.6 Å². The lowest BCUT2D eigenvalue weighted by atomic mass is 10.2. The fraction of sp³-hybridized carbons (Fsp3) is 0.304. The SMILES string of the molecule is CCOCCOC(=O)C(C)Oc1ccc2c(=O)c(Oc3cccc(C)c3)coc2c1. The highest BCUT2D eigenvalue weighted by Crippen LogP contribution is 2.25. The van der Waals surface area contributed by atoms with Crippen LogP contribution in [0.25, 0.3) is 11.0 Å². The average Bonchev–Trinajstić information content (AvgIpc) is 2.73. The molecular weight excluding hydrogens is 388 g/mol. The van der Waals surface area contributed by atoms with Gasteiger partial charge in [-0.3, -0.25) is 4.79 Å². The second-order valence-electron chi connectivity index (χ2n) is 6.63. The van der Waals surface area contributed by atoms with Gasteiger partial charge in [0.1, 0.15) is 30.0 Å². The minimum Gasteiger partial charge on any atom is -0.479 e. The van der Waals surface area contributed by atoms with Gasteiger partial charge in [0.05, 0.1) is 12.0 Å². The summed E-state index contributed by atoms with van der Waals surface area (Å²) in [5.41, 5.74) is 1.05. The summed E-state index contributed by atoms with van der Waals surface area (Å²) in [6.45, 7) is 6.45. The van der Waals surface area contributed by atoms with E-state index in [1.807, 2.05) is 32.0 Å². The molecule has 1 atom stereocenters. The molecule has 0 saturated carbocycles. The van der Waals surface area contributed by atoms with E-state index >= 15 is 0 Å². The predicted molar refractivity (Wildman–Crippen MR) is 111 cm³/mol. The zero-order valence-corrected chi connectivity index (χ0v) is 17.2. The molecule has 0 bridgehead atoms. The number of fused-ring (bicyclic) bond motifs is 1. The van der Waals surface area contributed by atoms with Crippen molar-refractivity contribution in [3.8, 4) is 17.2 Å². The van der Waals surface area contributed by atoms with Crippen LogP contribution in [-0.4, -0.2) is 31.9 Å². The van der Waals surface area contributed by atoms with Crippen LogP contribution in [0.5, 0.6) is 17.2 Å². The van der Waals surface area contributed by atoms with E-state index in [9.17, 15) is 9.59 Å². The summed E-state index contributed by atoms with van der Waals surface area (Å²) in [6, 6.07) is 12.1. The first-order chi connectivity index (χ1) is 14.5. The highest BCUT2D eigenvalue weighted by Gasteiger charge is 2.17. The number of benzene rings is 2. The van der Waals surface area contributed by atoms with Crippen LogP contribution in [0, 0.1) is 6.92 Å². The van der Waals surface area contributed by atoms with E-state index in [4.69, 9.17) is 23.4 Å². The van der Waals surface area contributed by atoms with E-state index in [1.54, 1.807) is 31.2 Å². The van der Waals surface area contributed by atoms with Crippen LogP contribution >= 0.6 is 0 Å². The summed E-state index contributed by atoms with van der Waals surface area (Å²) in [6.07, 6.45) is 0.446. The highest BCUT2D eigenvalue weighted by atomic mass is 16.6. The molecule has 0 amide bonds. The van der Waals surface area contributed by atoms with E-state index in [0.29, 0.717) is 35.7 Å². The molecule has 0 fully saturated rings.